The lowest BCUT2D eigenvalue weighted by Crippen LogP contribution is -2.28. The fraction of sp³-hybridized carbons (Fsp3) is 0.684. The lowest BCUT2D eigenvalue weighted by Gasteiger charge is -2.29. The summed E-state index contributed by atoms with van der Waals surface area (Å²) in [6.45, 7) is 2.83. The Morgan fingerprint density at radius 2 is 1.70 bits per heavy atom. The summed E-state index contributed by atoms with van der Waals surface area (Å²) in [5, 5.41) is 18.5. The van der Waals surface area contributed by atoms with Gasteiger partial charge in [0, 0.05) is 6.61 Å². The zero-order chi connectivity index (χ0) is 16.5. The fourth-order valence-electron chi connectivity index (χ4n) is 2.99. The predicted molar refractivity (Wildman–Crippen MR) is 90.6 cm³/mol. The average Bonchev–Trinajstić information content (AvgIpc) is 2.60. The van der Waals surface area contributed by atoms with Crippen molar-refractivity contribution in [2.75, 3.05) is 13.2 Å². The second kappa shape index (κ2) is 9.91. The number of benzene rings is 1. The summed E-state index contributed by atoms with van der Waals surface area (Å²) >= 11 is 0. The van der Waals surface area contributed by atoms with Crippen molar-refractivity contribution in [3.05, 3.63) is 29.8 Å². The van der Waals surface area contributed by atoms with E-state index in [-0.39, 0.29) is 12.7 Å². The Balaban J connectivity index is 1.69. The molecular weight excluding hydrogens is 292 g/mol. The van der Waals surface area contributed by atoms with Crippen molar-refractivity contribution in [2.45, 2.75) is 70.2 Å². The molecule has 4 nitrogen and oxygen atoms in total. The molecule has 0 radical (unpaired) electrons. The molecule has 0 aliphatic heterocycles. The topological polar surface area (TPSA) is 58.9 Å². The van der Waals surface area contributed by atoms with E-state index in [0.29, 0.717) is 11.7 Å². The molecule has 1 unspecified atom stereocenters. The molecule has 0 heterocycles. The fourth-order valence-corrected chi connectivity index (χ4v) is 2.99. The van der Waals surface area contributed by atoms with E-state index >= 15 is 0 Å². The lowest BCUT2D eigenvalue weighted by atomic mass is 9.95. The van der Waals surface area contributed by atoms with Gasteiger partial charge in [0.1, 0.15) is 11.9 Å². The monoisotopic (exact) mass is 322 g/mol. The van der Waals surface area contributed by atoms with Crippen LogP contribution < -0.4 is 4.74 Å². The quantitative estimate of drug-likeness (QED) is 0.682. The number of ether oxygens (including phenoxy) is 2. The molecule has 1 fully saturated rings. The summed E-state index contributed by atoms with van der Waals surface area (Å²) in [6.07, 6.45) is 7.67. The Hall–Kier alpha value is -1.10. The summed E-state index contributed by atoms with van der Waals surface area (Å²) in [5.74, 6) is 0.825. The molecule has 0 bridgehead atoms. The first kappa shape index (κ1) is 18.2. The summed E-state index contributed by atoms with van der Waals surface area (Å²) in [4.78, 5) is 0. The maximum absolute atomic E-state index is 9.57. The van der Waals surface area contributed by atoms with Crippen LogP contribution in [0.3, 0.4) is 0 Å². The van der Waals surface area contributed by atoms with Crippen LogP contribution in [0.2, 0.25) is 0 Å². The van der Waals surface area contributed by atoms with Crippen molar-refractivity contribution >= 4 is 0 Å². The van der Waals surface area contributed by atoms with Crippen LogP contribution in [0.25, 0.3) is 0 Å². The third-order valence-corrected chi connectivity index (χ3v) is 4.46. The van der Waals surface area contributed by atoms with Gasteiger partial charge in [-0.1, -0.05) is 31.9 Å². The molecule has 1 aliphatic rings. The van der Waals surface area contributed by atoms with E-state index < -0.39 is 6.10 Å². The zero-order valence-corrected chi connectivity index (χ0v) is 14.1. The molecule has 4 heteroatoms. The van der Waals surface area contributed by atoms with E-state index in [1.54, 1.807) is 12.1 Å². The number of hydrogen-bond acceptors (Lipinski definition) is 4. The van der Waals surface area contributed by atoms with Crippen molar-refractivity contribution in [2.24, 2.45) is 0 Å². The van der Waals surface area contributed by atoms with E-state index in [1.807, 2.05) is 12.1 Å². The number of unbranched alkanes of at least 4 members (excludes halogenated alkanes) is 2. The standard InChI is InChI=1S/C19H30O4/c1-2-3-4-13-22-16-9-11-18(12-10-16)23-17-7-5-15(6-8-17)19(21)14-20/h5-8,16,18-21H,2-4,9-14H2,1H3. The lowest BCUT2D eigenvalue weighted by molar-refractivity contribution is 0.00125. The van der Waals surface area contributed by atoms with Crippen LogP contribution >= 0.6 is 0 Å². The van der Waals surface area contributed by atoms with Gasteiger partial charge in [-0.05, 0) is 49.8 Å². The highest BCUT2D eigenvalue weighted by molar-refractivity contribution is 5.28. The molecule has 1 aromatic carbocycles. The van der Waals surface area contributed by atoms with E-state index in [1.165, 1.54) is 19.3 Å². The number of aliphatic hydroxyl groups excluding tert-OH is 2. The van der Waals surface area contributed by atoms with Crippen LogP contribution in [-0.2, 0) is 4.74 Å². The van der Waals surface area contributed by atoms with Gasteiger partial charge in [0.2, 0.25) is 0 Å². The molecule has 0 spiro atoms. The largest absolute Gasteiger partial charge is 0.490 e. The first-order valence-corrected chi connectivity index (χ1v) is 8.90. The summed E-state index contributed by atoms with van der Waals surface area (Å²) in [5.41, 5.74) is 0.712. The van der Waals surface area contributed by atoms with Crippen molar-refractivity contribution in [1.82, 2.24) is 0 Å². The molecular formula is C19H30O4. The minimum atomic E-state index is -0.815. The highest BCUT2D eigenvalue weighted by Crippen LogP contribution is 2.26. The van der Waals surface area contributed by atoms with E-state index in [0.717, 1.165) is 38.0 Å². The molecule has 0 aromatic heterocycles. The molecule has 130 valence electrons. The van der Waals surface area contributed by atoms with Gasteiger partial charge in [-0.3, -0.25) is 0 Å². The number of aliphatic hydroxyl groups is 2. The van der Waals surface area contributed by atoms with E-state index in [4.69, 9.17) is 14.6 Å². The maximum Gasteiger partial charge on any atom is 0.119 e. The first-order valence-electron chi connectivity index (χ1n) is 8.90. The van der Waals surface area contributed by atoms with Gasteiger partial charge in [0.05, 0.1) is 18.8 Å². The first-order chi connectivity index (χ1) is 11.2. The molecule has 23 heavy (non-hydrogen) atoms. The highest BCUT2D eigenvalue weighted by Gasteiger charge is 2.22. The smallest absolute Gasteiger partial charge is 0.119 e. The third-order valence-electron chi connectivity index (χ3n) is 4.46. The van der Waals surface area contributed by atoms with Crippen molar-refractivity contribution in [1.29, 1.82) is 0 Å². The van der Waals surface area contributed by atoms with Crippen molar-refractivity contribution in [3.8, 4) is 5.75 Å². The Kier molecular flexibility index (Phi) is 7.86. The van der Waals surface area contributed by atoms with Gasteiger partial charge in [0.25, 0.3) is 0 Å². The Labute approximate surface area is 139 Å². The summed E-state index contributed by atoms with van der Waals surface area (Å²) < 4.78 is 11.9. The van der Waals surface area contributed by atoms with Crippen LogP contribution in [0.15, 0.2) is 24.3 Å². The second-order valence-corrected chi connectivity index (χ2v) is 6.36. The zero-order valence-electron chi connectivity index (χ0n) is 14.1. The molecule has 1 atom stereocenters. The van der Waals surface area contributed by atoms with E-state index in [9.17, 15) is 5.11 Å². The third kappa shape index (κ3) is 6.13. The normalized spacial score (nSPS) is 22.7. The van der Waals surface area contributed by atoms with Crippen LogP contribution in [0, 0.1) is 0 Å². The molecule has 1 aromatic rings. The number of hydrogen-bond donors (Lipinski definition) is 2. The van der Waals surface area contributed by atoms with Gasteiger partial charge in [-0.15, -0.1) is 0 Å². The van der Waals surface area contributed by atoms with Crippen LogP contribution in [0.1, 0.15) is 63.5 Å². The van der Waals surface area contributed by atoms with Crippen LogP contribution in [-0.4, -0.2) is 35.6 Å². The maximum atomic E-state index is 9.57. The van der Waals surface area contributed by atoms with Gasteiger partial charge in [-0.2, -0.15) is 0 Å². The van der Waals surface area contributed by atoms with Crippen LogP contribution in [0.4, 0.5) is 0 Å². The Bertz CT molecular complexity index is 424. The average molecular weight is 322 g/mol. The molecule has 1 saturated carbocycles. The van der Waals surface area contributed by atoms with Gasteiger partial charge < -0.3 is 19.7 Å². The number of rotatable bonds is 9. The second-order valence-electron chi connectivity index (χ2n) is 6.36. The van der Waals surface area contributed by atoms with Crippen molar-refractivity contribution in [3.63, 3.8) is 0 Å². The Morgan fingerprint density at radius 1 is 1.04 bits per heavy atom. The minimum absolute atomic E-state index is 0.249. The van der Waals surface area contributed by atoms with Gasteiger partial charge in [0.15, 0.2) is 0 Å². The van der Waals surface area contributed by atoms with Gasteiger partial charge in [-0.25, -0.2) is 0 Å². The summed E-state index contributed by atoms with van der Waals surface area (Å²) in [6, 6.07) is 7.33. The predicted octanol–water partition coefficient (Wildman–Crippen LogP) is 3.61. The summed E-state index contributed by atoms with van der Waals surface area (Å²) in [7, 11) is 0. The van der Waals surface area contributed by atoms with Gasteiger partial charge >= 0.3 is 0 Å². The highest BCUT2D eigenvalue weighted by atomic mass is 16.5. The molecule has 0 saturated heterocycles. The van der Waals surface area contributed by atoms with Crippen molar-refractivity contribution < 1.29 is 19.7 Å². The molecule has 0 amide bonds. The van der Waals surface area contributed by atoms with E-state index in [2.05, 4.69) is 6.92 Å². The molecule has 2 N–H and O–H groups in total. The molecule has 2 rings (SSSR count). The Morgan fingerprint density at radius 3 is 2.30 bits per heavy atom. The molecule has 1 aliphatic carbocycles. The SMILES string of the molecule is CCCCCOC1CCC(Oc2ccc(C(O)CO)cc2)CC1. The minimum Gasteiger partial charge on any atom is -0.490 e. The van der Waals surface area contributed by atoms with Crippen LogP contribution in [0.5, 0.6) is 5.75 Å².